The van der Waals surface area contributed by atoms with Gasteiger partial charge in [-0.25, -0.2) is 14.6 Å². The first-order valence-electron chi connectivity index (χ1n) is 4.86. The number of hydrogen-bond donors (Lipinski definition) is 2. The first kappa shape index (κ1) is 9.52. The standard InChI is InChI=1S/C10H8N6O/c11-10-14-8-6(2-1-3-7(8)17)9(15-10)16-5-12-4-13-16/h1-5,17H,(H2,11,14,15). The van der Waals surface area contributed by atoms with Crippen LogP contribution in [-0.2, 0) is 0 Å². The second-order valence-electron chi connectivity index (χ2n) is 3.42. The summed E-state index contributed by atoms with van der Waals surface area (Å²) in [5.74, 6) is 0.614. The van der Waals surface area contributed by atoms with Crippen molar-refractivity contribution in [3.8, 4) is 11.6 Å². The van der Waals surface area contributed by atoms with E-state index in [0.717, 1.165) is 0 Å². The van der Waals surface area contributed by atoms with E-state index in [4.69, 9.17) is 5.73 Å². The highest BCUT2D eigenvalue weighted by atomic mass is 16.3. The number of nitrogen functional groups attached to an aromatic ring is 1. The number of aromatic hydroxyl groups is 1. The van der Waals surface area contributed by atoms with E-state index in [1.54, 1.807) is 18.2 Å². The van der Waals surface area contributed by atoms with Crippen molar-refractivity contribution >= 4 is 16.9 Å². The summed E-state index contributed by atoms with van der Waals surface area (Å²) in [6.07, 6.45) is 2.90. The lowest BCUT2D eigenvalue weighted by atomic mass is 10.2. The number of para-hydroxylation sites is 1. The van der Waals surface area contributed by atoms with Crippen LogP contribution < -0.4 is 5.73 Å². The fourth-order valence-corrected chi connectivity index (χ4v) is 1.63. The van der Waals surface area contributed by atoms with Crippen molar-refractivity contribution in [2.75, 3.05) is 5.73 Å². The van der Waals surface area contributed by atoms with Crippen LogP contribution in [0.2, 0.25) is 0 Å². The van der Waals surface area contributed by atoms with Crippen molar-refractivity contribution in [2.45, 2.75) is 0 Å². The fourth-order valence-electron chi connectivity index (χ4n) is 1.63. The van der Waals surface area contributed by atoms with Gasteiger partial charge < -0.3 is 10.8 Å². The monoisotopic (exact) mass is 228 g/mol. The molecule has 17 heavy (non-hydrogen) atoms. The molecule has 0 unspecified atom stereocenters. The van der Waals surface area contributed by atoms with Gasteiger partial charge in [-0.15, -0.1) is 0 Å². The van der Waals surface area contributed by atoms with Gasteiger partial charge in [0, 0.05) is 5.39 Å². The Kier molecular flexibility index (Phi) is 1.91. The van der Waals surface area contributed by atoms with Gasteiger partial charge in [-0.05, 0) is 12.1 Å². The van der Waals surface area contributed by atoms with Gasteiger partial charge in [0.1, 0.15) is 23.9 Å². The zero-order chi connectivity index (χ0) is 11.8. The summed E-state index contributed by atoms with van der Waals surface area (Å²) >= 11 is 0. The second-order valence-corrected chi connectivity index (χ2v) is 3.42. The Morgan fingerprint density at radius 2 is 2.12 bits per heavy atom. The number of anilines is 1. The molecule has 3 aromatic rings. The summed E-state index contributed by atoms with van der Waals surface area (Å²) in [4.78, 5) is 11.9. The van der Waals surface area contributed by atoms with E-state index in [1.807, 2.05) is 0 Å². The smallest absolute Gasteiger partial charge is 0.222 e. The summed E-state index contributed by atoms with van der Waals surface area (Å²) in [6, 6.07) is 5.03. The Balaban J connectivity index is 2.42. The van der Waals surface area contributed by atoms with Crippen LogP contribution in [0.15, 0.2) is 30.9 Å². The average Bonchev–Trinajstić information content (AvgIpc) is 2.83. The molecular formula is C10H8N6O. The summed E-state index contributed by atoms with van der Waals surface area (Å²) in [5.41, 5.74) is 6.00. The van der Waals surface area contributed by atoms with E-state index < -0.39 is 0 Å². The number of rotatable bonds is 1. The lowest BCUT2D eigenvalue weighted by Crippen LogP contribution is -2.04. The van der Waals surface area contributed by atoms with Crippen LogP contribution in [0.1, 0.15) is 0 Å². The van der Waals surface area contributed by atoms with Crippen LogP contribution in [0.25, 0.3) is 16.7 Å². The van der Waals surface area contributed by atoms with Crippen LogP contribution >= 0.6 is 0 Å². The van der Waals surface area contributed by atoms with Crippen molar-refractivity contribution in [1.29, 1.82) is 0 Å². The van der Waals surface area contributed by atoms with Gasteiger partial charge in [0.05, 0.1) is 0 Å². The van der Waals surface area contributed by atoms with Crippen LogP contribution in [0, 0.1) is 0 Å². The number of nitrogens with zero attached hydrogens (tertiary/aromatic N) is 5. The largest absolute Gasteiger partial charge is 0.506 e. The van der Waals surface area contributed by atoms with Gasteiger partial charge in [-0.1, -0.05) is 6.07 Å². The van der Waals surface area contributed by atoms with Gasteiger partial charge in [0.15, 0.2) is 5.82 Å². The molecule has 84 valence electrons. The quantitative estimate of drug-likeness (QED) is 0.628. The molecule has 0 radical (unpaired) electrons. The van der Waals surface area contributed by atoms with E-state index >= 15 is 0 Å². The molecule has 0 saturated carbocycles. The van der Waals surface area contributed by atoms with Crippen LogP contribution in [0.4, 0.5) is 5.95 Å². The van der Waals surface area contributed by atoms with Crippen LogP contribution in [-0.4, -0.2) is 29.8 Å². The van der Waals surface area contributed by atoms with Crippen molar-refractivity contribution in [3.05, 3.63) is 30.9 Å². The van der Waals surface area contributed by atoms with Crippen LogP contribution in [0.5, 0.6) is 5.75 Å². The Labute approximate surface area is 95.6 Å². The minimum Gasteiger partial charge on any atom is -0.506 e. The Morgan fingerprint density at radius 3 is 2.88 bits per heavy atom. The average molecular weight is 228 g/mol. The van der Waals surface area contributed by atoms with Crippen LogP contribution in [0.3, 0.4) is 0 Å². The third-order valence-corrected chi connectivity index (χ3v) is 2.34. The van der Waals surface area contributed by atoms with Gasteiger partial charge in [0.2, 0.25) is 5.95 Å². The van der Waals surface area contributed by atoms with Crippen molar-refractivity contribution in [1.82, 2.24) is 24.7 Å². The molecule has 3 rings (SSSR count). The fraction of sp³-hybridized carbons (Fsp3) is 0. The Hall–Kier alpha value is -2.70. The van der Waals surface area contributed by atoms with E-state index in [0.29, 0.717) is 16.7 Å². The first-order valence-corrected chi connectivity index (χ1v) is 4.86. The zero-order valence-electron chi connectivity index (χ0n) is 8.65. The third-order valence-electron chi connectivity index (χ3n) is 2.34. The van der Waals surface area contributed by atoms with E-state index in [1.165, 1.54) is 17.3 Å². The molecule has 3 N–H and O–H groups in total. The molecule has 1 aromatic carbocycles. The Morgan fingerprint density at radius 1 is 1.24 bits per heavy atom. The zero-order valence-corrected chi connectivity index (χ0v) is 8.65. The molecule has 0 atom stereocenters. The topological polar surface area (TPSA) is 103 Å². The van der Waals surface area contributed by atoms with Gasteiger partial charge in [0.25, 0.3) is 0 Å². The summed E-state index contributed by atoms with van der Waals surface area (Å²) in [6.45, 7) is 0. The molecule has 2 heterocycles. The number of fused-ring (bicyclic) bond motifs is 1. The number of phenolic OH excluding ortho intramolecular Hbond substituents is 1. The van der Waals surface area contributed by atoms with Crippen molar-refractivity contribution in [3.63, 3.8) is 0 Å². The Bertz CT molecular complexity index is 679. The number of nitrogens with two attached hydrogens (primary N) is 1. The molecular weight excluding hydrogens is 220 g/mol. The number of hydrogen-bond acceptors (Lipinski definition) is 6. The molecule has 0 saturated heterocycles. The predicted octanol–water partition coefficient (Wildman–Crippen LogP) is 0.498. The van der Waals surface area contributed by atoms with Gasteiger partial charge in [-0.2, -0.15) is 10.1 Å². The molecule has 7 nitrogen and oxygen atoms in total. The molecule has 0 aliphatic rings. The molecule has 0 aliphatic heterocycles. The number of phenols is 1. The third kappa shape index (κ3) is 1.44. The first-order chi connectivity index (χ1) is 8.25. The van der Waals surface area contributed by atoms with Crippen molar-refractivity contribution < 1.29 is 5.11 Å². The summed E-state index contributed by atoms with van der Waals surface area (Å²) in [5, 5.41) is 14.4. The highest BCUT2D eigenvalue weighted by molar-refractivity contribution is 5.90. The molecule has 0 aliphatic carbocycles. The predicted molar refractivity (Wildman–Crippen MR) is 60.5 cm³/mol. The number of aromatic nitrogens is 5. The summed E-state index contributed by atoms with van der Waals surface area (Å²) in [7, 11) is 0. The van der Waals surface area contributed by atoms with E-state index in [-0.39, 0.29) is 11.7 Å². The van der Waals surface area contributed by atoms with Crippen molar-refractivity contribution in [2.24, 2.45) is 0 Å². The molecule has 0 bridgehead atoms. The van der Waals surface area contributed by atoms with E-state index in [2.05, 4.69) is 20.1 Å². The minimum absolute atomic E-state index is 0.0537. The second kappa shape index (κ2) is 3.41. The molecule has 2 aromatic heterocycles. The van der Waals surface area contributed by atoms with Gasteiger partial charge >= 0.3 is 0 Å². The lowest BCUT2D eigenvalue weighted by Gasteiger charge is -2.06. The molecule has 7 heteroatoms. The highest BCUT2D eigenvalue weighted by Crippen LogP contribution is 2.26. The molecule has 0 fully saturated rings. The SMILES string of the molecule is Nc1nc(-n2cncn2)c2cccc(O)c2n1. The molecule has 0 spiro atoms. The highest BCUT2D eigenvalue weighted by Gasteiger charge is 2.11. The molecule has 0 amide bonds. The lowest BCUT2D eigenvalue weighted by molar-refractivity contribution is 0.480. The number of benzene rings is 1. The maximum absolute atomic E-state index is 9.73. The summed E-state index contributed by atoms with van der Waals surface area (Å²) < 4.78 is 1.47. The van der Waals surface area contributed by atoms with Gasteiger partial charge in [-0.3, -0.25) is 0 Å². The maximum Gasteiger partial charge on any atom is 0.222 e. The normalized spacial score (nSPS) is 10.8. The van der Waals surface area contributed by atoms with E-state index in [9.17, 15) is 5.11 Å². The minimum atomic E-state index is 0.0537. The maximum atomic E-state index is 9.73.